The largest absolute Gasteiger partial charge is 0.444 e. The molecule has 0 aliphatic carbocycles. The molecule has 4 aromatic heterocycles. The van der Waals surface area contributed by atoms with E-state index < -0.39 is 17.8 Å². The Morgan fingerprint density at radius 1 is 1.22 bits per heavy atom. The minimum absolute atomic E-state index is 0.228. The van der Waals surface area contributed by atoms with Gasteiger partial charge in [-0.05, 0) is 58.7 Å². The van der Waals surface area contributed by atoms with Crippen LogP contribution in [-0.4, -0.2) is 72.0 Å². The molecule has 4 aromatic rings. The maximum absolute atomic E-state index is 12.6. The van der Waals surface area contributed by atoms with E-state index in [2.05, 4.69) is 20.4 Å². The van der Waals surface area contributed by atoms with Crippen molar-refractivity contribution in [3.8, 4) is 22.5 Å². The zero-order valence-corrected chi connectivity index (χ0v) is 21.6. The molecule has 5 rings (SSSR count). The lowest BCUT2D eigenvalue weighted by atomic mass is 10.0. The summed E-state index contributed by atoms with van der Waals surface area (Å²) in [4.78, 5) is 31.3. The van der Waals surface area contributed by atoms with Crippen LogP contribution in [0.25, 0.3) is 33.5 Å². The molecule has 3 N–H and O–H groups in total. The van der Waals surface area contributed by atoms with Crippen LogP contribution in [0.4, 0.5) is 10.7 Å². The van der Waals surface area contributed by atoms with Gasteiger partial charge < -0.3 is 29.6 Å². The van der Waals surface area contributed by atoms with Crippen LogP contribution in [0.5, 0.6) is 0 Å². The molecule has 194 valence electrons. The molecule has 0 saturated carbocycles. The standard InChI is InChI=1S/C26H31N7O4/c1-14-9-28-24(29-16-8-17(34)12-33(11-16)25(35)37-26(3,4)5)31-22(14)19-10-27-23-18(19)6-7-21(30-23)20-13-36-32-15(20)2/h6-7,9-10,13,16-17,34H,8,11-12H2,1-5H3,(H,27,30)(H,28,29,31)/t16-,17+/m0/s1. The summed E-state index contributed by atoms with van der Waals surface area (Å²) >= 11 is 0. The van der Waals surface area contributed by atoms with E-state index in [4.69, 9.17) is 19.2 Å². The van der Waals surface area contributed by atoms with Gasteiger partial charge in [0.05, 0.1) is 35.3 Å². The Bertz CT molecular complexity index is 1440. The molecular weight excluding hydrogens is 474 g/mol. The molecule has 37 heavy (non-hydrogen) atoms. The van der Waals surface area contributed by atoms with Gasteiger partial charge in [0, 0.05) is 35.9 Å². The second-order valence-corrected chi connectivity index (χ2v) is 10.4. The van der Waals surface area contributed by atoms with Crippen molar-refractivity contribution in [1.29, 1.82) is 0 Å². The first-order chi connectivity index (χ1) is 17.6. The zero-order valence-electron chi connectivity index (χ0n) is 21.6. The highest BCUT2D eigenvalue weighted by molar-refractivity contribution is 5.94. The number of hydrogen-bond donors (Lipinski definition) is 3. The first-order valence-corrected chi connectivity index (χ1v) is 12.2. The van der Waals surface area contributed by atoms with Crippen molar-refractivity contribution in [1.82, 2.24) is 30.0 Å². The number of aryl methyl sites for hydroxylation is 2. The second kappa shape index (κ2) is 9.47. The van der Waals surface area contributed by atoms with Crippen LogP contribution < -0.4 is 5.32 Å². The number of aliphatic hydroxyl groups is 1. The molecule has 0 aromatic carbocycles. The van der Waals surface area contributed by atoms with Gasteiger partial charge in [-0.3, -0.25) is 0 Å². The minimum atomic E-state index is -0.674. The molecule has 1 aliphatic heterocycles. The van der Waals surface area contributed by atoms with Crippen molar-refractivity contribution >= 4 is 23.1 Å². The van der Waals surface area contributed by atoms with E-state index in [-0.39, 0.29) is 12.6 Å². The number of likely N-dealkylation sites (tertiary alicyclic amines) is 1. The van der Waals surface area contributed by atoms with Crippen molar-refractivity contribution in [3.05, 3.63) is 42.0 Å². The van der Waals surface area contributed by atoms with Crippen LogP contribution in [0, 0.1) is 13.8 Å². The highest BCUT2D eigenvalue weighted by atomic mass is 16.6. The predicted molar refractivity (Wildman–Crippen MR) is 138 cm³/mol. The van der Waals surface area contributed by atoms with Crippen LogP contribution in [0.15, 0.2) is 35.3 Å². The summed E-state index contributed by atoms with van der Waals surface area (Å²) in [7, 11) is 0. The van der Waals surface area contributed by atoms with Crippen molar-refractivity contribution in [2.45, 2.75) is 58.8 Å². The van der Waals surface area contributed by atoms with Crippen LogP contribution in [0.1, 0.15) is 38.4 Å². The molecule has 0 spiro atoms. The molecule has 0 unspecified atom stereocenters. The molecule has 1 aliphatic rings. The minimum Gasteiger partial charge on any atom is -0.444 e. The Morgan fingerprint density at radius 2 is 2.03 bits per heavy atom. The number of aromatic nitrogens is 5. The first kappa shape index (κ1) is 24.7. The van der Waals surface area contributed by atoms with E-state index in [1.165, 1.54) is 4.90 Å². The van der Waals surface area contributed by atoms with Crippen LogP contribution in [-0.2, 0) is 4.74 Å². The summed E-state index contributed by atoms with van der Waals surface area (Å²) in [6.07, 6.45) is 4.58. The number of pyridine rings is 1. The quantitative estimate of drug-likeness (QED) is 0.374. The van der Waals surface area contributed by atoms with E-state index >= 15 is 0 Å². The Kier molecular flexibility index (Phi) is 6.32. The molecule has 0 radical (unpaired) electrons. The molecule has 11 heteroatoms. The summed E-state index contributed by atoms with van der Waals surface area (Å²) in [5.41, 5.74) is 5.08. The summed E-state index contributed by atoms with van der Waals surface area (Å²) in [6, 6.07) is 3.70. The number of nitrogens with one attached hydrogen (secondary N) is 2. The Morgan fingerprint density at radius 3 is 2.76 bits per heavy atom. The SMILES string of the molecule is Cc1cnc(N[C@H]2C[C@@H](O)CN(C(=O)OC(C)(C)C)C2)nc1-c1c[nH]c2nc(-c3conc3C)ccc12. The number of nitrogens with zero attached hydrogens (tertiary/aromatic N) is 5. The van der Waals surface area contributed by atoms with Gasteiger partial charge in [0.1, 0.15) is 17.5 Å². The van der Waals surface area contributed by atoms with E-state index in [0.717, 1.165) is 44.8 Å². The number of amides is 1. The van der Waals surface area contributed by atoms with E-state index in [1.807, 2.05) is 52.9 Å². The molecular formula is C26H31N7O4. The molecule has 11 nitrogen and oxygen atoms in total. The topological polar surface area (TPSA) is 142 Å². The average molecular weight is 506 g/mol. The van der Waals surface area contributed by atoms with Crippen molar-refractivity contribution < 1.29 is 19.2 Å². The number of ether oxygens (including phenoxy) is 1. The van der Waals surface area contributed by atoms with E-state index in [9.17, 15) is 9.90 Å². The second-order valence-electron chi connectivity index (χ2n) is 10.4. The van der Waals surface area contributed by atoms with Gasteiger partial charge in [-0.25, -0.2) is 19.7 Å². The van der Waals surface area contributed by atoms with Gasteiger partial charge in [-0.15, -0.1) is 0 Å². The lowest BCUT2D eigenvalue weighted by Gasteiger charge is -2.36. The third kappa shape index (κ3) is 5.26. The lowest BCUT2D eigenvalue weighted by Crippen LogP contribution is -2.52. The number of hydrogen-bond acceptors (Lipinski definition) is 9. The number of aromatic amines is 1. The maximum Gasteiger partial charge on any atom is 0.410 e. The number of aliphatic hydroxyl groups excluding tert-OH is 1. The average Bonchev–Trinajstić information content (AvgIpc) is 3.44. The molecule has 2 atom stereocenters. The molecule has 1 saturated heterocycles. The highest BCUT2D eigenvalue weighted by Gasteiger charge is 2.32. The Hall–Kier alpha value is -3.99. The van der Waals surface area contributed by atoms with Crippen molar-refractivity contribution in [3.63, 3.8) is 0 Å². The maximum atomic E-state index is 12.6. The zero-order chi connectivity index (χ0) is 26.3. The van der Waals surface area contributed by atoms with Gasteiger partial charge in [-0.1, -0.05) is 5.16 Å². The third-order valence-electron chi connectivity index (χ3n) is 6.20. The van der Waals surface area contributed by atoms with E-state index in [1.54, 1.807) is 12.5 Å². The fraction of sp³-hybridized carbons (Fsp3) is 0.423. The molecule has 0 bridgehead atoms. The number of fused-ring (bicyclic) bond motifs is 1. The van der Waals surface area contributed by atoms with Gasteiger partial charge in [0.25, 0.3) is 0 Å². The molecule has 5 heterocycles. The lowest BCUT2D eigenvalue weighted by molar-refractivity contribution is 0.00176. The van der Waals surface area contributed by atoms with Crippen LogP contribution >= 0.6 is 0 Å². The summed E-state index contributed by atoms with van der Waals surface area (Å²) < 4.78 is 10.5. The van der Waals surface area contributed by atoms with Crippen LogP contribution in [0.3, 0.4) is 0 Å². The summed E-state index contributed by atoms with van der Waals surface area (Å²) in [6.45, 7) is 9.89. The fourth-order valence-electron chi connectivity index (χ4n) is 4.51. The van der Waals surface area contributed by atoms with Crippen molar-refractivity contribution in [2.24, 2.45) is 0 Å². The van der Waals surface area contributed by atoms with Gasteiger partial charge in [-0.2, -0.15) is 0 Å². The van der Waals surface area contributed by atoms with Crippen molar-refractivity contribution in [2.75, 3.05) is 18.4 Å². The monoisotopic (exact) mass is 505 g/mol. The molecule has 1 amide bonds. The first-order valence-electron chi connectivity index (χ1n) is 12.2. The molecule has 1 fully saturated rings. The smallest absolute Gasteiger partial charge is 0.410 e. The highest BCUT2D eigenvalue weighted by Crippen LogP contribution is 2.31. The third-order valence-corrected chi connectivity index (χ3v) is 6.20. The number of carbonyl (C=O) groups is 1. The normalized spacial score (nSPS) is 18.3. The number of rotatable bonds is 4. The van der Waals surface area contributed by atoms with Gasteiger partial charge >= 0.3 is 6.09 Å². The number of H-pyrrole nitrogens is 1. The predicted octanol–water partition coefficient (Wildman–Crippen LogP) is 4.07. The van der Waals surface area contributed by atoms with Crippen LogP contribution in [0.2, 0.25) is 0 Å². The number of anilines is 1. The van der Waals surface area contributed by atoms with E-state index in [0.29, 0.717) is 18.9 Å². The number of carbonyl (C=O) groups excluding carboxylic acids is 1. The Labute approximate surface area is 214 Å². The summed E-state index contributed by atoms with van der Waals surface area (Å²) in [5, 5.41) is 18.6. The summed E-state index contributed by atoms with van der Waals surface area (Å²) in [5.74, 6) is 0.419. The number of piperidine rings is 1. The number of β-amino-alcohol motifs (C(OH)–C–C–N with tert-alkyl or cyclic N) is 1. The Balaban J connectivity index is 1.38. The van der Waals surface area contributed by atoms with Gasteiger partial charge in [0.15, 0.2) is 0 Å². The van der Waals surface area contributed by atoms with Gasteiger partial charge in [0.2, 0.25) is 5.95 Å². The fourth-order valence-corrected chi connectivity index (χ4v) is 4.51.